The lowest BCUT2D eigenvalue weighted by molar-refractivity contribution is 0.422. The van der Waals surface area contributed by atoms with E-state index in [0.717, 1.165) is 18.7 Å². The Balaban J connectivity index is 2.58. The van der Waals surface area contributed by atoms with Gasteiger partial charge in [-0.25, -0.2) is 4.39 Å². The molecule has 1 atom stereocenters. The van der Waals surface area contributed by atoms with Gasteiger partial charge in [0, 0.05) is 18.8 Å². The normalized spacial score (nSPS) is 11.5. The van der Waals surface area contributed by atoms with E-state index in [2.05, 4.69) is 0 Å². The van der Waals surface area contributed by atoms with E-state index in [1.54, 1.807) is 6.66 Å². The van der Waals surface area contributed by atoms with E-state index in [-0.39, 0.29) is 0 Å². The zero-order chi connectivity index (χ0) is 12.1. The second kappa shape index (κ2) is 5.75. The summed E-state index contributed by atoms with van der Waals surface area (Å²) in [5, 5.41) is 8.94. The van der Waals surface area contributed by atoms with E-state index < -0.39 is 24.9 Å². The fourth-order valence-electron chi connectivity index (χ4n) is 1.33. The summed E-state index contributed by atoms with van der Waals surface area (Å²) in [6, 6.07) is 0.857. The topological polar surface area (TPSA) is 59.3 Å². The highest BCUT2D eigenvalue weighted by molar-refractivity contribution is 7.43. The zero-order valence-electron chi connectivity index (χ0n) is 9.02. The van der Waals surface area contributed by atoms with Gasteiger partial charge in [0.25, 0.3) is 5.56 Å². The molecule has 0 bridgehead atoms. The molecule has 1 heterocycles. The Labute approximate surface area is 93.5 Å². The van der Waals surface area contributed by atoms with Crippen LogP contribution in [0, 0.1) is 5.82 Å². The Bertz CT molecular complexity index is 444. The van der Waals surface area contributed by atoms with Gasteiger partial charge in [-0.2, -0.15) is 0 Å². The summed E-state index contributed by atoms with van der Waals surface area (Å²) in [7, 11) is -1.15. The van der Waals surface area contributed by atoms with Crippen LogP contribution < -0.4 is 5.56 Å². The molecule has 0 amide bonds. The molecule has 0 aliphatic carbocycles. The molecule has 1 aromatic heterocycles. The third-order valence-electron chi connectivity index (χ3n) is 2.18. The van der Waals surface area contributed by atoms with Crippen LogP contribution in [0.3, 0.4) is 0 Å². The van der Waals surface area contributed by atoms with Crippen molar-refractivity contribution in [1.29, 1.82) is 0 Å². The highest BCUT2D eigenvalue weighted by Gasteiger charge is 2.07. The maximum Gasteiger partial charge on any atom is 0.335 e. The molecule has 1 rings (SSSR count). The Morgan fingerprint density at radius 3 is 2.81 bits per heavy atom. The first-order valence-corrected chi connectivity index (χ1v) is 6.87. The average Bonchev–Trinajstić information content (AvgIpc) is 2.19. The second-order valence-electron chi connectivity index (χ2n) is 3.60. The van der Waals surface area contributed by atoms with Crippen LogP contribution in [0.15, 0.2) is 17.1 Å². The summed E-state index contributed by atoms with van der Waals surface area (Å²) >= 11 is 0. The average molecular weight is 246 g/mol. The minimum absolute atomic E-state index is 0.374. The number of aromatic hydroxyl groups is 1. The number of nitrogens with zero attached hydrogens (tertiary/aromatic N) is 1. The van der Waals surface area contributed by atoms with E-state index in [0.29, 0.717) is 19.1 Å². The van der Waals surface area contributed by atoms with E-state index in [1.807, 2.05) is 0 Å². The highest BCUT2D eigenvalue weighted by Crippen LogP contribution is 2.16. The van der Waals surface area contributed by atoms with Gasteiger partial charge >= 0.3 is 7.80 Å². The number of pyridine rings is 1. The van der Waals surface area contributed by atoms with Crippen molar-refractivity contribution in [3.63, 3.8) is 0 Å². The van der Waals surface area contributed by atoms with Gasteiger partial charge in [-0.05, 0) is 12.8 Å². The number of aromatic nitrogens is 1. The van der Waals surface area contributed by atoms with Gasteiger partial charge in [0.1, 0.15) is 12.8 Å². The molecule has 4 nitrogen and oxygen atoms in total. The molecule has 0 aliphatic heterocycles. The van der Waals surface area contributed by atoms with E-state index in [1.165, 1.54) is 4.57 Å². The summed E-state index contributed by atoms with van der Waals surface area (Å²) in [6.45, 7) is 2.03. The van der Waals surface area contributed by atoms with Crippen molar-refractivity contribution in [3.05, 3.63) is 28.4 Å². The monoisotopic (exact) mass is 246 g/mol. The van der Waals surface area contributed by atoms with Crippen molar-refractivity contribution in [2.24, 2.45) is 0 Å². The molecular formula is C10H14FNO3P+. The maximum atomic E-state index is 12.9. The van der Waals surface area contributed by atoms with Gasteiger partial charge in [0.05, 0.1) is 0 Å². The second-order valence-corrected chi connectivity index (χ2v) is 5.30. The van der Waals surface area contributed by atoms with Crippen LogP contribution in [-0.2, 0) is 11.1 Å². The minimum atomic E-state index is -1.15. The molecule has 0 saturated heterocycles. The molecule has 0 saturated carbocycles. The lowest BCUT2D eigenvalue weighted by Crippen LogP contribution is -2.19. The largest absolute Gasteiger partial charge is 0.505 e. The Morgan fingerprint density at radius 2 is 2.19 bits per heavy atom. The van der Waals surface area contributed by atoms with Crippen molar-refractivity contribution in [1.82, 2.24) is 4.57 Å². The molecule has 6 heteroatoms. The van der Waals surface area contributed by atoms with Crippen LogP contribution in [0.5, 0.6) is 5.75 Å². The predicted molar refractivity (Wildman–Crippen MR) is 60.0 cm³/mol. The van der Waals surface area contributed by atoms with E-state index >= 15 is 0 Å². The van der Waals surface area contributed by atoms with Gasteiger partial charge in [-0.3, -0.25) is 4.79 Å². The van der Waals surface area contributed by atoms with Crippen LogP contribution in [0.2, 0.25) is 0 Å². The molecule has 0 fully saturated rings. The highest BCUT2D eigenvalue weighted by atomic mass is 31.1. The maximum absolute atomic E-state index is 12.9. The van der Waals surface area contributed by atoms with Gasteiger partial charge in [-0.15, -0.1) is 0 Å². The van der Waals surface area contributed by atoms with Crippen LogP contribution in [0.1, 0.15) is 12.8 Å². The minimum Gasteiger partial charge on any atom is -0.505 e. The number of aryl methyl sites for hydroxylation is 1. The smallest absolute Gasteiger partial charge is 0.335 e. The van der Waals surface area contributed by atoms with Crippen LogP contribution in [0.25, 0.3) is 0 Å². The molecule has 1 aromatic rings. The van der Waals surface area contributed by atoms with Gasteiger partial charge < -0.3 is 9.67 Å². The quantitative estimate of drug-likeness (QED) is 0.638. The fraction of sp³-hybridized carbons (Fsp3) is 0.500. The lowest BCUT2D eigenvalue weighted by atomic mass is 10.3. The molecular weight excluding hydrogens is 232 g/mol. The molecule has 16 heavy (non-hydrogen) atoms. The van der Waals surface area contributed by atoms with Gasteiger partial charge in [0.2, 0.25) is 0 Å². The number of halogens is 1. The first-order valence-electron chi connectivity index (χ1n) is 4.98. The molecule has 1 unspecified atom stereocenters. The summed E-state index contributed by atoms with van der Waals surface area (Å²) < 4.78 is 25.0. The lowest BCUT2D eigenvalue weighted by Gasteiger charge is -2.04. The molecule has 0 spiro atoms. The van der Waals surface area contributed by atoms with Crippen molar-refractivity contribution in [2.75, 3.05) is 12.8 Å². The third kappa shape index (κ3) is 3.74. The van der Waals surface area contributed by atoms with Crippen molar-refractivity contribution < 1.29 is 14.1 Å². The summed E-state index contributed by atoms with van der Waals surface area (Å²) in [4.78, 5) is 11.3. The number of rotatable bonds is 5. The van der Waals surface area contributed by atoms with E-state index in [4.69, 9.17) is 5.11 Å². The molecule has 0 aliphatic rings. The van der Waals surface area contributed by atoms with Crippen molar-refractivity contribution in [3.8, 4) is 5.75 Å². The Morgan fingerprint density at radius 1 is 1.50 bits per heavy atom. The van der Waals surface area contributed by atoms with Crippen LogP contribution >= 0.6 is 7.80 Å². The number of hydrogen-bond donors (Lipinski definition) is 1. The molecule has 1 N–H and O–H groups in total. The van der Waals surface area contributed by atoms with Crippen LogP contribution in [-0.4, -0.2) is 22.5 Å². The Hall–Kier alpha value is -1.22. The Kier molecular flexibility index (Phi) is 4.62. The van der Waals surface area contributed by atoms with Gasteiger partial charge in [0.15, 0.2) is 11.6 Å². The summed E-state index contributed by atoms with van der Waals surface area (Å²) in [5.41, 5.74) is -0.431. The van der Waals surface area contributed by atoms with Gasteiger partial charge in [-0.1, -0.05) is 4.57 Å². The first-order chi connectivity index (χ1) is 7.50. The van der Waals surface area contributed by atoms with Crippen molar-refractivity contribution >= 4 is 7.80 Å². The van der Waals surface area contributed by atoms with Crippen molar-refractivity contribution in [2.45, 2.75) is 19.4 Å². The predicted octanol–water partition coefficient (Wildman–Crippen LogP) is 1.93. The fourth-order valence-corrected chi connectivity index (χ4v) is 2.00. The third-order valence-corrected chi connectivity index (χ3v) is 3.13. The standard InChI is InChI=1S/C10H13FNO3P/c1-16(15)5-3-2-4-12-7-8(11)9(13)6-10(12)14/h6-7H,2-5H2,1H3/p+1. The number of hydrogen-bond acceptors (Lipinski definition) is 3. The zero-order valence-corrected chi connectivity index (χ0v) is 9.91. The first kappa shape index (κ1) is 12.8. The number of unbranched alkanes of at least 4 members (excludes halogenated alkanes) is 1. The summed E-state index contributed by atoms with van der Waals surface area (Å²) in [6.07, 6.45) is 3.01. The molecule has 88 valence electrons. The SMILES string of the molecule is C[P+](=O)CCCCn1cc(F)c(O)cc1=O. The molecule has 0 radical (unpaired) electrons. The summed E-state index contributed by atoms with van der Waals surface area (Å²) in [5.74, 6) is -1.43. The molecule has 0 aromatic carbocycles. The van der Waals surface area contributed by atoms with E-state index in [9.17, 15) is 13.8 Å². The van der Waals surface area contributed by atoms with Crippen LogP contribution in [0.4, 0.5) is 4.39 Å².